The molecule has 0 aliphatic carbocycles. The fourth-order valence-corrected chi connectivity index (χ4v) is 3.55. The van der Waals surface area contributed by atoms with Gasteiger partial charge in [-0.1, -0.05) is 11.6 Å². The lowest BCUT2D eigenvalue weighted by molar-refractivity contribution is 0.0725. The number of fused-ring (bicyclic) bond motifs is 1. The molecule has 1 aliphatic heterocycles. The molecule has 0 radical (unpaired) electrons. The van der Waals surface area contributed by atoms with E-state index >= 15 is 0 Å². The summed E-state index contributed by atoms with van der Waals surface area (Å²) in [5.41, 5.74) is 2.13. The number of rotatable bonds is 4. The van der Waals surface area contributed by atoms with Crippen LogP contribution in [0, 0.1) is 0 Å². The van der Waals surface area contributed by atoms with Crippen LogP contribution < -0.4 is 5.32 Å². The summed E-state index contributed by atoms with van der Waals surface area (Å²) in [6.45, 7) is 2.08. The van der Waals surface area contributed by atoms with Gasteiger partial charge in [0, 0.05) is 29.7 Å². The van der Waals surface area contributed by atoms with Gasteiger partial charge in [0.25, 0.3) is 5.91 Å². The summed E-state index contributed by atoms with van der Waals surface area (Å²) in [4.78, 5) is 19.5. The number of hydrogen-bond donors (Lipinski definition) is 1. The number of carbonyl (C=O) groups is 1. The molecule has 5 nitrogen and oxygen atoms in total. The zero-order valence-corrected chi connectivity index (χ0v) is 15.1. The average Bonchev–Trinajstić information content (AvgIpc) is 3.19. The normalized spacial score (nSPS) is 14.6. The molecule has 3 aromatic rings. The van der Waals surface area contributed by atoms with Crippen molar-refractivity contribution in [2.45, 2.75) is 25.8 Å². The van der Waals surface area contributed by atoms with Crippen molar-refractivity contribution in [1.29, 1.82) is 0 Å². The van der Waals surface area contributed by atoms with E-state index in [-0.39, 0.29) is 5.91 Å². The van der Waals surface area contributed by atoms with Crippen molar-refractivity contribution in [3.63, 3.8) is 0 Å². The Morgan fingerprint density at radius 1 is 1.23 bits per heavy atom. The maximum Gasteiger partial charge on any atom is 0.257 e. The zero-order chi connectivity index (χ0) is 17.9. The van der Waals surface area contributed by atoms with Crippen molar-refractivity contribution in [3.05, 3.63) is 59.1 Å². The van der Waals surface area contributed by atoms with Crippen LogP contribution in [0.25, 0.3) is 10.9 Å². The first kappa shape index (κ1) is 16.9. The molecule has 1 saturated heterocycles. The van der Waals surface area contributed by atoms with Crippen molar-refractivity contribution in [1.82, 2.24) is 9.88 Å². The molecule has 1 N–H and O–H groups in total. The molecule has 3 heterocycles. The van der Waals surface area contributed by atoms with E-state index in [1.165, 1.54) is 6.42 Å². The minimum absolute atomic E-state index is 0.0148. The number of carbonyl (C=O) groups excluding carboxylic acids is 1. The second-order valence-electron chi connectivity index (χ2n) is 6.49. The Morgan fingerprint density at radius 2 is 2.08 bits per heavy atom. The van der Waals surface area contributed by atoms with Crippen LogP contribution in [0.2, 0.25) is 5.02 Å². The number of pyridine rings is 1. The predicted molar refractivity (Wildman–Crippen MR) is 103 cm³/mol. The fraction of sp³-hybridized carbons (Fsp3) is 0.300. The molecule has 0 unspecified atom stereocenters. The molecular weight excluding hydrogens is 350 g/mol. The first-order valence-corrected chi connectivity index (χ1v) is 9.24. The van der Waals surface area contributed by atoms with Gasteiger partial charge in [-0.3, -0.25) is 9.78 Å². The lowest BCUT2D eigenvalue weighted by Crippen LogP contribution is -2.36. The Kier molecular flexibility index (Phi) is 4.80. The molecule has 26 heavy (non-hydrogen) atoms. The van der Waals surface area contributed by atoms with Gasteiger partial charge in [0.1, 0.15) is 5.76 Å². The van der Waals surface area contributed by atoms with Gasteiger partial charge >= 0.3 is 0 Å². The van der Waals surface area contributed by atoms with Gasteiger partial charge in [-0.05, 0) is 49.6 Å². The quantitative estimate of drug-likeness (QED) is 0.723. The number of benzene rings is 1. The topological polar surface area (TPSA) is 58.4 Å². The second kappa shape index (κ2) is 7.38. The third-order valence-corrected chi connectivity index (χ3v) is 4.96. The zero-order valence-electron chi connectivity index (χ0n) is 14.4. The number of furan rings is 1. The number of piperidine rings is 1. The van der Waals surface area contributed by atoms with E-state index in [4.69, 9.17) is 16.0 Å². The third kappa shape index (κ3) is 3.40. The van der Waals surface area contributed by atoms with Crippen LogP contribution in [-0.4, -0.2) is 28.9 Å². The molecule has 134 valence electrons. The average molecular weight is 370 g/mol. The van der Waals surface area contributed by atoms with Gasteiger partial charge in [0.05, 0.1) is 29.6 Å². The van der Waals surface area contributed by atoms with Crippen molar-refractivity contribution >= 4 is 34.1 Å². The van der Waals surface area contributed by atoms with Crippen LogP contribution in [0.15, 0.2) is 47.2 Å². The largest absolute Gasteiger partial charge is 0.467 e. The molecule has 6 heteroatoms. The van der Waals surface area contributed by atoms with E-state index in [2.05, 4.69) is 10.3 Å². The van der Waals surface area contributed by atoms with Gasteiger partial charge in [-0.2, -0.15) is 0 Å². The third-order valence-electron chi connectivity index (χ3n) is 4.72. The Hall–Kier alpha value is -2.53. The molecule has 0 atom stereocenters. The summed E-state index contributed by atoms with van der Waals surface area (Å²) in [6, 6.07) is 9.26. The van der Waals surface area contributed by atoms with Gasteiger partial charge in [0.15, 0.2) is 0 Å². The van der Waals surface area contributed by atoms with Crippen molar-refractivity contribution in [2.75, 3.05) is 18.4 Å². The number of likely N-dealkylation sites (tertiary alicyclic amines) is 1. The number of amides is 1. The smallest absolute Gasteiger partial charge is 0.257 e. The van der Waals surface area contributed by atoms with E-state index < -0.39 is 0 Å². The Bertz CT molecular complexity index is 918. The van der Waals surface area contributed by atoms with E-state index in [9.17, 15) is 4.79 Å². The highest BCUT2D eigenvalue weighted by molar-refractivity contribution is 6.31. The van der Waals surface area contributed by atoms with Crippen LogP contribution >= 0.6 is 11.6 Å². The maximum atomic E-state index is 13.1. The molecule has 1 fully saturated rings. The van der Waals surface area contributed by atoms with Gasteiger partial charge in [-0.15, -0.1) is 0 Å². The van der Waals surface area contributed by atoms with E-state index in [0.29, 0.717) is 17.1 Å². The first-order chi connectivity index (χ1) is 12.7. The standard InChI is InChI=1S/C20H20ClN3O2/c21-14-6-7-18-16(11-14)19(23-12-15-5-4-10-26-15)17(13-22-18)20(25)24-8-2-1-3-9-24/h4-7,10-11,13H,1-3,8-9,12H2,(H,22,23). The van der Waals surface area contributed by atoms with Gasteiger partial charge in [0.2, 0.25) is 0 Å². The molecular formula is C20H20ClN3O2. The van der Waals surface area contributed by atoms with Gasteiger partial charge < -0.3 is 14.6 Å². The van der Waals surface area contributed by atoms with E-state index in [0.717, 1.165) is 48.3 Å². The van der Waals surface area contributed by atoms with Crippen LogP contribution in [0.5, 0.6) is 0 Å². The Balaban J connectivity index is 1.74. The predicted octanol–water partition coefficient (Wildman–Crippen LogP) is 4.72. The summed E-state index contributed by atoms with van der Waals surface area (Å²) in [6.07, 6.45) is 6.58. The highest BCUT2D eigenvalue weighted by Crippen LogP contribution is 2.30. The van der Waals surface area contributed by atoms with Crippen molar-refractivity contribution in [2.24, 2.45) is 0 Å². The Morgan fingerprint density at radius 3 is 2.85 bits per heavy atom. The summed E-state index contributed by atoms with van der Waals surface area (Å²) in [7, 11) is 0. The summed E-state index contributed by atoms with van der Waals surface area (Å²) in [5.74, 6) is 0.814. The molecule has 1 aromatic carbocycles. The molecule has 0 bridgehead atoms. The second-order valence-corrected chi connectivity index (χ2v) is 6.93. The fourth-order valence-electron chi connectivity index (χ4n) is 3.37. The SMILES string of the molecule is O=C(c1cnc2ccc(Cl)cc2c1NCc1ccco1)N1CCCCC1. The van der Waals surface area contributed by atoms with Crippen LogP contribution in [0.3, 0.4) is 0 Å². The number of nitrogens with zero attached hydrogens (tertiary/aromatic N) is 2. The number of hydrogen-bond acceptors (Lipinski definition) is 4. The minimum atomic E-state index is 0.0148. The monoisotopic (exact) mass is 369 g/mol. The number of nitrogens with one attached hydrogen (secondary N) is 1. The number of halogens is 1. The summed E-state index contributed by atoms with van der Waals surface area (Å²) >= 11 is 6.20. The van der Waals surface area contributed by atoms with E-state index in [1.807, 2.05) is 29.2 Å². The Labute approximate surface area is 157 Å². The first-order valence-electron chi connectivity index (χ1n) is 8.86. The highest BCUT2D eigenvalue weighted by atomic mass is 35.5. The van der Waals surface area contributed by atoms with Crippen LogP contribution in [0.1, 0.15) is 35.4 Å². The summed E-state index contributed by atoms with van der Waals surface area (Å²) in [5, 5.41) is 4.82. The molecule has 4 rings (SSSR count). The van der Waals surface area contributed by atoms with Crippen LogP contribution in [0.4, 0.5) is 5.69 Å². The van der Waals surface area contributed by atoms with Gasteiger partial charge in [-0.25, -0.2) is 0 Å². The van der Waals surface area contributed by atoms with Crippen molar-refractivity contribution in [3.8, 4) is 0 Å². The lowest BCUT2D eigenvalue weighted by atomic mass is 10.1. The van der Waals surface area contributed by atoms with Crippen LogP contribution in [-0.2, 0) is 6.54 Å². The summed E-state index contributed by atoms with van der Waals surface area (Å²) < 4.78 is 5.41. The molecule has 0 saturated carbocycles. The maximum absolute atomic E-state index is 13.1. The lowest BCUT2D eigenvalue weighted by Gasteiger charge is -2.27. The molecule has 2 aromatic heterocycles. The van der Waals surface area contributed by atoms with E-state index in [1.54, 1.807) is 18.5 Å². The molecule has 1 aliphatic rings. The number of aromatic nitrogens is 1. The highest BCUT2D eigenvalue weighted by Gasteiger charge is 2.23. The van der Waals surface area contributed by atoms with Crippen molar-refractivity contribution < 1.29 is 9.21 Å². The minimum Gasteiger partial charge on any atom is -0.467 e. The molecule has 0 spiro atoms. The number of anilines is 1. The molecule has 1 amide bonds.